The van der Waals surface area contributed by atoms with Crippen LogP contribution in [0, 0.1) is 5.82 Å². The highest BCUT2D eigenvalue weighted by atomic mass is 32.1. The van der Waals surface area contributed by atoms with Crippen molar-refractivity contribution in [2.75, 3.05) is 13.7 Å². The van der Waals surface area contributed by atoms with Crippen molar-refractivity contribution < 1.29 is 18.7 Å². The van der Waals surface area contributed by atoms with Gasteiger partial charge >= 0.3 is 0 Å². The molecule has 6 nitrogen and oxygen atoms in total. The van der Waals surface area contributed by atoms with E-state index in [-0.39, 0.29) is 17.5 Å². The van der Waals surface area contributed by atoms with Crippen molar-refractivity contribution >= 4 is 23.2 Å². The predicted octanol–water partition coefficient (Wildman–Crippen LogP) is 1.91. The number of hydrogen-bond acceptors (Lipinski definition) is 4. The summed E-state index contributed by atoms with van der Waals surface area (Å²) in [7, 11) is 1.52. The van der Waals surface area contributed by atoms with E-state index in [1.807, 2.05) is 0 Å². The van der Waals surface area contributed by atoms with Crippen LogP contribution in [-0.2, 0) is 11.3 Å². The lowest BCUT2D eigenvalue weighted by Crippen LogP contribution is -2.48. The van der Waals surface area contributed by atoms with Crippen LogP contribution in [0.3, 0.4) is 0 Å². The summed E-state index contributed by atoms with van der Waals surface area (Å²) in [5, 5.41) is 3.12. The monoisotopic (exact) mass is 363 g/mol. The first-order valence-electron chi connectivity index (χ1n) is 7.41. The number of halogens is 1. The molecular weight excluding hydrogens is 345 g/mol. The molecule has 0 spiro atoms. The van der Waals surface area contributed by atoms with Crippen molar-refractivity contribution in [3.8, 4) is 11.5 Å². The van der Waals surface area contributed by atoms with Gasteiger partial charge < -0.3 is 14.8 Å². The zero-order valence-electron chi connectivity index (χ0n) is 13.5. The number of carbonyl (C=O) groups is 1. The van der Waals surface area contributed by atoms with Crippen LogP contribution in [0.2, 0.25) is 0 Å². The molecule has 25 heavy (non-hydrogen) atoms. The third-order valence-corrected chi connectivity index (χ3v) is 3.36. The van der Waals surface area contributed by atoms with Crippen molar-refractivity contribution in [1.29, 1.82) is 0 Å². The first-order chi connectivity index (χ1) is 12.1. The van der Waals surface area contributed by atoms with Gasteiger partial charge in [-0.05, 0) is 42.0 Å². The number of rotatable bonds is 6. The van der Waals surface area contributed by atoms with Crippen molar-refractivity contribution in [3.63, 3.8) is 0 Å². The molecule has 0 unspecified atom stereocenters. The summed E-state index contributed by atoms with van der Waals surface area (Å²) >= 11 is 5.04. The van der Waals surface area contributed by atoms with E-state index in [2.05, 4.69) is 16.2 Å². The van der Waals surface area contributed by atoms with Gasteiger partial charge in [-0.1, -0.05) is 24.3 Å². The van der Waals surface area contributed by atoms with E-state index in [1.54, 1.807) is 36.4 Å². The Labute approximate surface area is 150 Å². The van der Waals surface area contributed by atoms with Gasteiger partial charge in [0.1, 0.15) is 5.82 Å². The second-order valence-electron chi connectivity index (χ2n) is 4.92. The fourth-order valence-electron chi connectivity index (χ4n) is 1.87. The standard InChI is InChI=1S/C17H18FN3O3S/c1-23-14-4-2-3-5-15(14)24-11-16(22)20-21-17(25)19-10-12-6-8-13(18)9-7-12/h2-9H,10-11H2,1H3,(H,20,22)(H2,19,21,25). The van der Waals surface area contributed by atoms with Gasteiger partial charge in [0.05, 0.1) is 7.11 Å². The number of nitrogens with one attached hydrogen (secondary N) is 3. The Bertz CT molecular complexity index is 725. The number of amides is 1. The fourth-order valence-corrected chi connectivity index (χ4v) is 2.00. The fraction of sp³-hybridized carbons (Fsp3) is 0.176. The number of ether oxygens (including phenoxy) is 2. The Morgan fingerprint density at radius 3 is 2.44 bits per heavy atom. The van der Waals surface area contributed by atoms with Crippen LogP contribution in [0.25, 0.3) is 0 Å². The summed E-state index contributed by atoms with van der Waals surface area (Å²) in [6.07, 6.45) is 0. The Hall–Kier alpha value is -2.87. The molecule has 0 aromatic heterocycles. The molecule has 0 saturated carbocycles. The summed E-state index contributed by atoms with van der Waals surface area (Å²) in [5.74, 6) is 0.306. The number of hydrazine groups is 1. The molecule has 0 heterocycles. The average molecular weight is 363 g/mol. The minimum absolute atomic E-state index is 0.200. The molecule has 3 N–H and O–H groups in total. The molecule has 0 aliphatic carbocycles. The topological polar surface area (TPSA) is 71.6 Å². The van der Waals surface area contributed by atoms with Crippen molar-refractivity contribution in [2.24, 2.45) is 0 Å². The Morgan fingerprint density at radius 2 is 1.76 bits per heavy atom. The summed E-state index contributed by atoms with van der Waals surface area (Å²) in [6.45, 7) is 0.202. The molecule has 132 valence electrons. The minimum atomic E-state index is -0.406. The molecule has 0 radical (unpaired) electrons. The molecule has 2 rings (SSSR count). The summed E-state index contributed by atoms with van der Waals surface area (Å²) in [6, 6.07) is 13.0. The first-order valence-corrected chi connectivity index (χ1v) is 7.82. The predicted molar refractivity (Wildman–Crippen MR) is 95.6 cm³/mol. The van der Waals surface area contributed by atoms with E-state index >= 15 is 0 Å². The summed E-state index contributed by atoms with van der Waals surface area (Å²) in [4.78, 5) is 11.8. The third kappa shape index (κ3) is 6.27. The lowest BCUT2D eigenvalue weighted by Gasteiger charge is -2.13. The summed E-state index contributed by atoms with van der Waals surface area (Å²) < 4.78 is 23.3. The Morgan fingerprint density at radius 1 is 1.08 bits per heavy atom. The maximum Gasteiger partial charge on any atom is 0.276 e. The molecule has 1 amide bonds. The molecular formula is C17H18FN3O3S. The number of hydrogen-bond donors (Lipinski definition) is 3. The van der Waals surface area contributed by atoms with E-state index in [0.717, 1.165) is 5.56 Å². The molecule has 0 saturated heterocycles. The van der Waals surface area contributed by atoms with E-state index in [4.69, 9.17) is 21.7 Å². The second kappa shape index (κ2) is 9.43. The maximum absolute atomic E-state index is 12.8. The van der Waals surface area contributed by atoms with Gasteiger partial charge in [-0.3, -0.25) is 15.6 Å². The molecule has 2 aromatic carbocycles. The van der Waals surface area contributed by atoms with Crippen LogP contribution in [0.15, 0.2) is 48.5 Å². The van der Waals surface area contributed by atoms with Crippen LogP contribution in [-0.4, -0.2) is 24.7 Å². The Balaban J connectivity index is 1.68. The van der Waals surface area contributed by atoms with E-state index in [0.29, 0.717) is 18.0 Å². The van der Waals surface area contributed by atoms with Crippen molar-refractivity contribution in [1.82, 2.24) is 16.2 Å². The molecule has 0 aliphatic rings. The van der Waals surface area contributed by atoms with Gasteiger partial charge in [0.15, 0.2) is 23.2 Å². The molecule has 0 bridgehead atoms. The lowest BCUT2D eigenvalue weighted by molar-refractivity contribution is -0.123. The highest BCUT2D eigenvalue weighted by Crippen LogP contribution is 2.25. The van der Waals surface area contributed by atoms with Gasteiger partial charge in [0.25, 0.3) is 5.91 Å². The van der Waals surface area contributed by atoms with Crippen LogP contribution in [0.5, 0.6) is 11.5 Å². The van der Waals surface area contributed by atoms with Crippen LogP contribution in [0.4, 0.5) is 4.39 Å². The van der Waals surface area contributed by atoms with E-state index in [1.165, 1.54) is 19.2 Å². The largest absolute Gasteiger partial charge is 0.493 e. The van der Waals surface area contributed by atoms with Gasteiger partial charge in [0, 0.05) is 6.54 Å². The zero-order chi connectivity index (χ0) is 18.1. The first kappa shape index (κ1) is 18.5. The van der Waals surface area contributed by atoms with Crippen molar-refractivity contribution in [3.05, 3.63) is 59.9 Å². The van der Waals surface area contributed by atoms with E-state index < -0.39 is 5.91 Å². The number of para-hydroxylation sites is 2. The maximum atomic E-state index is 12.8. The van der Waals surface area contributed by atoms with Crippen molar-refractivity contribution in [2.45, 2.75) is 6.54 Å². The van der Waals surface area contributed by atoms with Gasteiger partial charge in [0.2, 0.25) is 0 Å². The molecule has 0 aliphatic heterocycles. The highest BCUT2D eigenvalue weighted by molar-refractivity contribution is 7.80. The minimum Gasteiger partial charge on any atom is -0.493 e. The molecule has 8 heteroatoms. The number of thiocarbonyl (C=S) groups is 1. The number of carbonyl (C=O) groups excluding carboxylic acids is 1. The van der Waals surface area contributed by atoms with E-state index in [9.17, 15) is 9.18 Å². The van der Waals surface area contributed by atoms with Crippen LogP contribution >= 0.6 is 12.2 Å². The zero-order valence-corrected chi connectivity index (χ0v) is 14.4. The molecule has 0 atom stereocenters. The Kier molecular flexibility index (Phi) is 6.97. The van der Waals surface area contributed by atoms with Gasteiger partial charge in [-0.25, -0.2) is 4.39 Å². The lowest BCUT2D eigenvalue weighted by atomic mass is 10.2. The quantitative estimate of drug-likeness (QED) is 0.538. The smallest absolute Gasteiger partial charge is 0.276 e. The van der Waals surface area contributed by atoms with Crippen LogP contribution in [0.1, 0.15) is 5.56 Å². The SMILES string of the molecule is COc1ccccc1OCC(=O)NNC(=S)NCc1ccc(F)cc1. The number of benzene rings is 2. The van der Waals surface area contributed by atoms with Crippen LogP contribution < -0.4 is 25.6 Å². The second-order valence-corrected chi connectivity index (χ2v) is 5.33. The normalized spacial score (nSPS) is 9.84. The van der Waals surface area contributed by atoms with Gasteiger partial charge in [-0.2, -0.15) is 0 Å². The third-order valence-electron chi connectivity index (χ3n) is 3.11. The highest BCUT2D eigenvalue weighted by Gasteiger charge is 2.07. The molecule has 0 fully saturated rings. The molecule has 2 aromatic rings. The summed E-state index contributed by atoms with van der Waals surface area (Å²) in [5.41, 5.74) is 5.84. The van der Waals surface area contributed by atoms with Gasteiger partial charge in [-0.15, -0.1) is 0 Å². The average Bonchev–Trinajstić information content (AvgIpc) is 2.64. The number of methoxy groups -OCH3 is 1.